The monoisotopic (exact) mass is 288 g/mol. The molecule has 0 spiro atoms. The number of carbonyl (C=O) groups excluding carboxylic acids is 1. The first-order chi connectivity index (χ1) is 9.95. The van der Waals surface area contributed by atoms with E-state index in [0.717, 1.165) is 50.4 Å². The van der Waals surface area contributed by atoms with Crippen LogP contribution >= 0.6 is 0 Å². The predicted octanol–water partition coefficient (Wildman–Crippen LogP) is 3.88. The smallest absolute Gasteiger partial charge is 0.139 e. The molecule has 3 saturated carbocycles. The fourth-order valence-electron chi connectivity index (χ4n) is 6.48. The Balaban J connectivity index is 1.69. The van der Waals surface area contributed by atoms with E-state index < -0.39 is 0 Å². The number of allylic oxidation sites excluding steroid dienone is 1. The van der Waals surface area contributed by atoms with Gasteiger partial charge in [0.25, 0.3) is 0 Å². The van der Waals surface area contributed by atoms with Crippen molar-refractivity contribution < 1.29 is 9.90 Å². The first-order valence-corrected chi connectivity index (χ1v) is 8.88. The van der Waals surface area contributed by atoms with Crippen molar-refractivity contribution in [1.82, 2.24) is 0 Å². The molecule has 0 aromatic rings. The molecule has 6 atom stereocenters. The lowest BCUT2D eigenvalue weighted by Crippen LogP contribution is -2.50. The maximum atomic E-state index is 12.4. The lowest BCUT2D eigenvalue weighted by atomic mass is 9.47. The molecule has 0 amide bonds. The number of carbonyl (C=O) groups is 1. The highest BCUT2D eigenvalue weighted by atomic mass is 16.3. The molecule has 0 aliphatic heterocycles. The Morgan fingerprint density at radius 2 is 1.71 bits per heavy atom. The van der Waals surface area contributed by atoms with Gasteiger partial charge in [-0.1, -0.05) is 25.5 Å². The van der Waals surface area contributed by atoms with E-state index >= 15 is 0 Å². The summed E-state index contributed by atoms with van der Waals surface area (Å²) in [7, 11) is 0. The van der Waals surface area contributed by atoms with Crippen LogP contribution in [0.15, 0.2) is 11.6 Å². The van der Waals surface area contributed by atoms with Crippen molar-refractivity contribution in [2.24, 2.45) is 28.6 Å². The van der Waals surface area contributed by atoms with Gasteiger partial charge in [-0.15, -0.1) is 0 Å². The Morgan fingerprint density at radius 1 is 1.00 bits per heavy atom. The zero-order valence-electron chi connectivity index (χ0n) is 13.4. The van der Waals surface area contributed by atoms with Crippen molar-refractivity contribution in [1.29, 1.82) is 0 Å². The summed E-state index contributed by atoms with van der Waals surface area (Å²) in [5, 5.41) is 9.96. The van der Waals surface area contributed by atoms with Gasteiger partial charge >= 0.3 is 0 Å². The molecule has 1 N–H and O–H groups in total. The molecule has 1 unspecified atom stereocenters. The largest absolute Gasteiger partial charge is 0.389 e. The van der Waals surface area contributed by atoms with E-state index in [9.17, 15) is 9.90 Å². The van der Waals surface area contributed by atoms with Gasteiger partial charge in [0.15, 0.2) is 0 Å². The molecule has 4 aliphatic carbocycles. The summed E-state index contributed by atoms with van der Waals surface area (Å²) in [6.45, 7) is 4.70. The molecule has 0 saturated heterocycles. The second kappa shape index (κ2) is 4.44. The van der Waals surface area contributed by atoms with Crippen molar-refractivity contribution in [2.45, 2.75) is 71.3 Å². The molecule has 3 fully saturated rings. The summed E-state index contributed by atoms with van der Waals surface area (Å²) in [6, 6.07) is 0. The van der Waals surface area contributed by atoms with Crippen LogP contribution in [-0.4, -0.2) is 17.0 Å². The van der Waals surface area contributed by atoms with Crippen LogP contribution in [0.4, 0.5) is 0 Å². The summed E-state index contributed by atoms with van der Waals surface area (Å²) in [6.07, 6.45) is 10.7. The van der Waals surface area contributed by atoms with Gasteiger partial charge in [0.2, 0.25) is 0 Å². The molecule has 4 aliphatic rings. The van der Waals surface area contributed by atoms with Gasteiger partial charge in [-0.2, -0.15) is 0 Å². The minimum absolute atomic E-state index is 0.00702. The van der Waals surface area contributed by atoms with Crippen LogP contribution in [0.2, 0.25) is 0 Å². The highest BCUT2D eigenvalue weighted by Crippen LogP contribution is 2.64. The normalized spacial score (nSPS) is 52.7. The van der Waals surface area contributed by atoms with Gasteiger partial charge in [0, 0.05) is 11.8 Å². The second-order valence-electron chi connectivity index (χ2n) is 8.55. The third-order valence-corrected chi connectivity index (χ3v) is 7.80. The molecule has 21 heavy (non-hydrogen) atoms. The summed E-state index contributed by atoms with van der Waals surface area (Å²) < 4.78 is 0. The summed E-state index contributed by atoms with van der Waals surface area (Å²) in [5.41, 5.74) is 1.82. The molecular weight excluding hydrogens is 260 g/mol. The molecule has 0 aromatic carbocycles. The highest BCUT2D eigenvalue weighted by molar-refractivity contribution is 5.87. The van der Waals surface area contributed by atoms with Crippen LogP contribution in [-0.2, 0) is 4.79 Å². The van der Waals surface area contributed by atoms with Gasteiger partial charge in [-0.05, 0) is 68.1 Å². The van der Waals surface area contributed by atoms with E-state index in [0.29, 0.717) is 17.1 Å². The number of rotatable bonds is 0. The van der Waals surface area contributed by atoms with Gasteiger partial charge in [0.05, 0.1) is 6.10 Å². The van der Waals surface area contributed by atoms with Crippen LogP contribution in [0.5, 0.6) is 0 Å². The van der Waals surface area contributed by atoms with E-state index in [-0.39, 0.29) is 11.5 Å². The molecular formula is C19H28O2. The van der Waals surface area contributed by atoms with E-state index in [1.807, 2.05) is 0 Å². The van der Waals surface area contributed by atoms with Gasteiger partial charge in [0.1, 0.15) is 5.78 Å². The van der Waals surface area contributed by atoms with Crippen molar-refractivity contribution in [3.63, 3.8) is 0 Å². The molecule has 4 rings (SSSR count). The maximum absolute atomic E-state index is 12.4. The standard InChI is InChI=1S/C19H28O2/c1-18-9-7-13(20)11-12(18)3-4-14-15-5-6-17(21)19(15,2)10-8-16(14)18/h11,13-16,20H,3-10H2,1-2H3/t13?,14-,15-,16+,18-,19-/m0/s1. The minimum Gasteiger partial charge on any atom is -0.389 e. The highest BCUT2D eigenvalue weighted by Gasteiger charge is 2.58. The Hall–Kier alpha value is -0.630. The quantitative estimate of drug-likeness (QED) is 0.687. The fraction of sp³-hybridized carbons (Fsp3) is 0.842. The molecule has 0 heterocycles. The number of aliphatic hydroxyl groups is 1. The van der Waals surface area contributed by atoms with E-state index in [4.69, 9.17) is 0 Å². The van der Waals surface area contributed by atoms with Crippen LogP contribution in [0.1, 0.15) is 65.2 Å². The molecule has 0 bridgehead atoms. The predicted molar refractivity (Wildman–Crippen MR) is 82.7 cm³/mol. The number of aliphatic hydroxyl groups excluding tert-OH is 1. The number of fused-ring (bicyclic) bond motifs is 5. The summed E-state index contributed by atoms with van der Waals surface area (Å²) >= 11 is 0. The van der Waals surface area contributed by atoms with E-state index in [2.05, 4.69) is 19.9 Å². The van der Waals surface area contributed by atoms with Gasteiger partial charge in [-0.25, -0.2) is 0 Å². The van der Waals surface area contributed by atoms with E-state index in [1.54, 1.807) is 0 Å². The van der Waals surface area contributed by atoms with Crippen LogP contribution in [0, 0.1) is 28.6 Å². The summed E-state index contributed by atoms with van der Waals surface area (Å²) in [4.78, 5) is 12.4. The topological polar surface area (TPSA) is 37.3 Å². The van der Waals surface area contributed by atoms with Crippen molar-refractivity contribution in [2.75, 3.05) is 0 Å². The molecule has 2 nitrogen and oxygen atoms in total. The lowest BCUT2D eigenvalue weighted by molar-refractivity contribution is -0.132. The SMILES string of the molecule is C[C@]12CCC(O)C=C1CC[C@@H]1[C@H]2CC[C@]2(C)C(=O)CC[C@@H]12. The summed E-state index contributed by atoms with van der Waals surface area (Å²) in [5.74, 6) is 2.66. The third-order valence-electron chi connectivity index (χ3n) is 7.80. The Bertz CT molecular complexity index is 508. The zero-order chi connectivity index (χ0) is 14.8. The number of Topliss-reactive ketones (excluding diaryl/α,β-unsaturated/α-hetero) is 1. The van der Waals surface area contributed by atoms with Gasteiger partial charge < -0.3 is 5.11 Å². The Kier molecular flexibility index (Phi) is 2.96. The van der Waals surface area contributed by atoms with Crippen LogP contribution in [0.3, 0.4) is 0 Å². The second-order valence-corrected chi connectivity index (χ2v) is 8.55. The minimum atomic E-state index is -0.216. The average molecular weight is 288 g/mol. The molecule has 0 radical (unpaired) electrons. The first-order valence-electron chi connectivity index (χ1n) is 8.88. The van der Waals surface area contributed by atoms with Crippen LogP contribution < -0.4 is 0 Å². The first kappa shape index (κ1) is 14.0. The lowest BCUT2D eigenvalue weighted by Gasteiger charge is -2.57. The van der Waals surface area contributed by atoms with Gasteiger partial charge in [-0.3, -0.25) is 4.79 Å². The third kappa shape index (κ3) is 1.78. The van der Waals surface area contributed by atoms with E-state index in [1.165, 1.54) is 18.4 Å². The van der Waals surface area contributed by atoms with Crippen LogP contribution in [0.25, 0.3) is 0 Å². The number of ketones is 1. The van der Waals surface area contributed by atoms with Crippen molar-refractivity contribution in [3.05, 3.63) is 11.6 Å². The fourth-order valence-corrected chi connectivity index (χ4v) is 6.48. The van der Waals surface area contributed by atoms with Crippen molar-refractivity contribution >= 4 is 5.78 Å². The molecule has 0 aromatic heterocycles. The number of hydrogen-bond acceptors (Lipinski definition) is 2. The Labute approximate surface area is 128 Å². The molecule has 2 heteroatoms. The van der Waals surface area contributed by atoms with Crippen molar-refractivity contribution in [3.8, 4) is 0 Å². The maximum Gasteiger partial charge on any atom is 0.139 e. The average Bonchev–Trinajstić information content (AvgIpc) is 2.76. The molecule has 116 valence electrons. The number of hydrogen-bond donors (Lipinski definition) is 1. The zero-order valence-corrected chi connectivity index (χ0v) is 13.4. The Morgan fingerprint density at radius 3 is 2.52 bits per heavy atom.